The molecule has 0 fully saturated rings. The van der Waals surface area contributed by atoms with Gasteiger partial charge < -0.3 is 14.8 Å². The van der Waals surface area contributed by atoms with Crippen molar-refractivity contribution in [2.24, 2.45) is 0 Å². The number of anilines is 1. The number of carbonyl (C=O) groups is 1. The molecular weight excluding hydrogens is 386 g/mol. The summed E-state index contributed by atoms with van der Waals surface area (Å²) in [6.45, 7) is 3.08. The monoisotopic (exact) mass is 405 g/mol. The Hall–Kier alpha value is -3.24. The fourth-order valence-corrected chi connectivity index (χ4v) is 3.80. The average Bonchev–Trinajstić information content (AvgIpc) is 2.76. The van der Waals surface area contributed by atoms with E-state index in [1.807, 2.05) is 36.4 Å². The molecule has 2 aromatic carbocycles. The highest BCUT2D eigenvalue weighted by Crippen LogP contribution is 2.35. The van der Waals surface area contributed by atoms with E-state index in [9.17, 15) is 10.1 Å². The van der Waals surface area contributed by atoms with E-state index in [-0.39, 0.29) is 11.7 Å². The van der Waals surface area contributed by atoms with Crippen LogP contribution in [0.1, 0.15) is 18.1 Å². The number of carbonyl (C=O) groups excluding carboxylic acids is 1. The molecule has 1 N–H and O–H groups in total. The lowest BCUT2D eigenvalue weighted by molar-refractivity contribution is -0.113. The number of fused-ring (bicyclic) bond motifs is 2. The van der Waals surface area contributed by atoms with Crippen LogP contribution in [0.3, 0.4) is 0 Å². The summed E-state index contributed by atoms with van der Waals surface area (Å²) in [5.41, 5.74) is 3.10. The number of rotatable bonds is 5. The number of nitrogens with zero attached hydrogens (tertiary/aromatic N) is 2. The van der Waals surface area contributed by atoms with Crippen molar-refractivity contribution in [3.05, 3.63) is 53.6 Å². The van der Waals surface area contributed by atoms with Gasteiger partial charge in [0.05, 0.1) is 16.8 Å². The van der Waals surface area contributed by atoms with E-state index in [1.54, 1.807) is 6.07 Å². The number of hydrogen-bond donors (Lipinski definition) is 1. The van der Waals surface area contributed by atoms with E-state index in [0.29, 0.717) is 40.8 Å². The highest BCUT2D eigenvalue weighted by Gasteiger charge is 2.16. The molecule has 2 heterocycles. The van der Waals surface area contributed by atoms with E-state index in [0.717, 1.165) is 17.5 Å². The standard InChI is InChI=1S/C22H19N3O3S/c1-2-14-3-5-17(6-4-14)24-21(26)13-29-22-16(12-23)9-15-10-19-20(11-18(15)25-22)28-8-7-27-19/h3-6,9-11H,2,7-8,13H2,1H3,(H,24,26). The first-order valence-corrected chi connectivity index (χ1v) is 10.3. The second-order valence-corrected chi connectivity index (χ2v) is 7.49. The van der Waals surface area contributed by atoms with Crippen LogP contribution in [0.15, 0.2) is 47.5 Å². The van der Waals surface area contributed by atoms with Crippen LogP contribution in [-0.2, 0) is 11.2 Å². The van der Waals surface area contributed by atoms with Gasteiger partial charge in [0.1, 0.15) is 24.3 Å². The first-order chi connectivity index (χ1) is 14.2. The smallest absolute Gasteiger partial charge is 0.234 e. The molecule has 0 saturated carbocycles. The van der Waals surface area contributed by atoms with E-state index in [2.05, 4.69) is 23.3 Å². The van der Waals surface area contributed by atoms with Gasteiger partial charge in [-0.15, -0.1) is 0 Å². The predicted molar refractivity (Wildman–Crippen MR) is 113 cm³/mol. The van der Waals surface area contributed by atoms with Gasteiger partial charge in [0, 0.05) is 17.1 Å². The highest BCUT2D eigenvalue weighted by molar-refractivity contribution is 8.00. The first-order valence-electron chi connectivity index (χ1n) is 9.32. The number of nitriles is 1. The minimum absolute atomic E-state index is 0.146. The van der Waals surface area contributed by atoms with E-state index >= 15 is 0 Å². The van der Waals surface area contributed by atoms with E-state index in [1.165, 1.54) is 17.3 Å². The number of nitrogens with one attached hydrogen (secondary N) is 1. The zero-order valence-electron chi connectivity index (χ0n) is 15.9. The van der Waals surface area contributed by atoms with Crippen LogP contribution in [0.25, 0.3) is 10.9 Å². The molecule has 0 radical (unpaired) electrons. The Kier molecular flexibility index (Phi) is 5.54. The lowest BCUT2D eigenvalue weighted by Crippen LogP contribution is -2.15. The molecule has 1 aliphatic heterocycles. The summed E-state index contributed by atoms with van der Waals surface area (Å²) < 4.78 is 11.2. The van der Waals surface area contributed by atoms with E-state index in [4.69, 9.17) is 9.47 Å². The number of benzene rings is 2. The number of pyridine rings is 1. The van der Waals surface area contributed by atoms with Gasteiger partial charge in [-0.3, -0.25) is 4.79 Å². The minimum Gasteiger partial charge on any atom is -0.486 e. The van der Waals surface area contributed by atoms with Gasteiger partial charge in [0.25, 0.3) is 0 Å². The largest absolute Gasteiger partial charge is 0.486 e. The van der Waals surface area contributed by atoms with Crippen LogP contribution in [0.4, 0.5) is 5.69 Å². The molecule has 0 saturated heterocycles. The Morgan fingerprint density at radius 3 is 2.59 bits per heavy atom. The van der Waals surface area contributed by atoms with Crippen molar-refractivity contribution < 1.29 is 14.3 Å². The van der Waals surface area contributed by atoms with Crippen molar-refractivity contribution in [1.29, 1.82) is 5.26 Å². The maximum absolute atomic E-state index is 12.3. The maximum Gasteiger partial charge on any atom is 0.234 e. The summed E-state index contributed by atoms with van der Waals surface area (Å²) in [4.78, 5) is 16.9. The Balaban J connectivity index is 1.50. The third-order valence-electron chi connectivity index (χ3n) is 4.55. The van der Waals surface area contributed by atoms with Gasteiger partial charge >= 0.3 is 0 Å². The van der Waals surface area contributed by atoms with Gasteiger partial charge in [-0.25, -0.2) is 4.98 Å². The van der Waals surface area contributed by atoms with Crippen LogP contribution < -0.4 is 14.8 Å². The molecule has 0 atom stereocenters. The van der Waals surface area contributed by atoms with Crippen molar-refractivity contribution in [2.45, 2.75) is 18.4 Å². The fraction of sp³-hybridized carbons (Fsp3) is 0.227. The number of amides is 1. The van der Waals surface area contributed by atoms with Gasteiger partial charge in [-0.05, 0) is 36.2 Å². The second kappa shape index (κ2) is 8.41. The molecule has 146 valence electrons. The third-order valence-corrected chi connectivity index (χ3v) is 5.54. The second-order valence-electron chi connectivity index (χ2n) is 6.53. The molecule has 1 aromatic heterocycles. The number of aryl methyl sites for hydroxylation is 1. The molecule has 0 unspecified atom stereocenters. The highest BCUT2D eigenvalue weighted by atomic mass is 32.2. The molecule has 4 rings (SSSR count). The first kappa shape index (κ1) is 19.1. The quantitative estimate of drug-likeness (QED) is 0.642. The number of thioether (sulfide) groups is 1. The van der Waals surface area contributed by atoms with Crippen molar-refractivity contribution in [2.75, 3.05) is 24.3 Å². The predicted octanol–water partition coefficient (Wildman–Crippen LogP) is 4.17. The molecule has 1 amide bonds. The van der Waals surface area contributed by atoms with Crippen molar-refractivity contribution in [1.82, 2.24) is 4.98 Å². The SMILES string of the molecule is CCc1ccc(NC(=O)CSc2nc3cc4c(cc3cc2C#N)OCCO4)cc1. The van der Waals surface area contributed by atoms with Crippen molar-refractivity contribution in [3.63, 3.8) is 0 Å². The summed E-state index contributed by atoms with van der Waals surface area (Å²) in [6.07, 6.45) is 0.953. The Bertz CT molecular complexity index is 1110. The molecular formula is C22H19N3O3S. The van der Waals surface area contributed by atoms with Crippen LogP contribution in [0.5, 0.6) is 11.5 Å². The molecule has 1 aliphatic rings. The maximum atomic E-state index is 12.3. The molecule has 6 nitrogen and oxygen atoms in total. The molecule has 0 bridgehead atoms. The number of hydrogen-bond acceptors (Lipinski definition) is 6. The Labute approximate surface area is 172 Å². The third kappa shape index (κ3) is 4.28. The van der Waals surface area contributed by atoms with Gasteiger partial charge in [-0.1, -0.05) is 30.8 Å². The lowest BCUT2D eigenvalue weighted by atomic mass is 10.1. The van der Waals surface area contributed by atoms with Crippen LogP contribution >= 0.6 is 11.8 Å². The Morgan fingerprint density at radius 1 is 1.17 bits per heavy atom. The summed E-state index contributed by atoms with van der Waals surface area (Å²) in [5.74, 6) is 1.31. The molecule has 29 heavy (non-hydrogen) atoms. The van der Waals surface area contributed by atoms with Crippen LogP contribution in [0, 0.1) is 11.3 Å². The van der Waals surface area contributed by atoms with Gasteiger partial charge in [0.15, 0.2) is 11.5 Å². The zero-order chi connectivity index (χ0) is 20.2. The molecule has 3 aromatic rings. The number of ether oxygens (including phenoxy) is 2. The van der Waals surface area contributed by atoms with Crippen molar-refractivity contribution >= 4 is 34.3 Å². The van der Waals surface area contributed by atoms with E-state index < -0.39 is 0 Å². The van der Waals surface area contributed by atoms with Crippen LogP contribution in [0.2, 0.25) is 0 Å². The van der Waals surface area contributed by atoms with Crippen LogP contribution in [-0.4, -0.2) is 29.9 Å². The lowest BCUT2D eigenvalue weighted by Gasteiger charge is -2.18. The topological polar surface area (TPSA) is 84.2 Å². The summed E-state index contributed by atoms with van der Waals surface area (Å²) in [5, 5.41) is 13.7. The summed E-state index contributed by atoms with van der Waals surface area (Å²) in [7, 11) is 0. The average molecular weight is 405 g/mol. The summed E-state index contributed by atoms with van der Waals surface area (Å²) in [6, 6.07) is 15.3. The van der Waals surface area contributed by atoms with Gasteiger partial charge in [0.2, 0.25) is 5.91 Å². The minimum atomic E-state index is -0.146. The fourth-order valence-electron chi connectivity index (χ4n) is 3.04. The molecule has 7 heteroatoms. The zero-order valence-corrected chi connectivity index (χ0v) is 16.7. The number of aromatic nitrogens is 1. The summed E-state index contributed by atoms with van der Waals surface area (Å²) >= 11 is 1.24. The normalized spacial score (nSPS) is 12.4. The molecule has 0 aliphatic carbocycles. The van der Waals surface area contributed by atoms with Crippen molar-refractivity contribution in [3.8, 4) is 17.6 Å². The Morgan fingerprint density at radius 2 is 1.90 bits per heavy atom. The van der Waals surface area contributed by atoms with Gasteiger partial charge in [-0.2, -0.15) is 5.26 Å². The molecule has 0 spiro atoms.